The predicted octanol–water partition coefficient (Wildman–Crippen LogP) is 2.35. The van der Waals surface area contributed by atoms with Crippen molar-refractivity contribution in [3.63, 3.8) is 0 Å². The van der Waals surface area contributed by atoms with Crippen LogP contribution in [-0.4, -0.2) is 36.0 Å². The van der Waals surface area contributed by atoms with Gasteiger partial charge in [0.05, 0.1) is 6.61 Å². The van der Waals surface area contributed by atoms with Crippen molar-refractivity contribution < 1.29 is 18.7 Å². The van der Waals surface area contributed by atoms with Crippen molar-refractivity contribution in [2.45, 2.75) is 26.8 Å². The van der Waals surface area contributed by atoms with Gasteiger partial charge in [0.1, 0.15) is 6.54 Å². The van der Waals surface area contributed by atoms with Crippen LogP contribution in [0.4, 0.5) is 0 Å². The Kier molecular flexibility index (Phi) is 5.22. The summed E-state index contributed by atoms with van der Waals surface area (Å²) < 4.78 is 9.86. The molecule has 0 saturated carbocycles. The molecule has 0 bridgehead atoms. The standard InChI is InChI=1S/C12H16ClNO4/c1-4-17-11(15)7-14(8(2)3)12(16)9-5-6-10(13)18-9/h5-6,8H,4,7H2,1-3H3. The summed E-state index contributed by atoms with van der Waals surface area (Å²) in [7, 11) is 0. The first-order valence-corrected chi connectivity index (χ1v) is 6.05. The van der Waals surface area contributed by atoms with E-state index in [1.54, 1.807) is 6.92 Å². The summed E-state index contributed by atoms with van der Waals surface area (Å²) in [6.07, 6.45) is 0. The van der Waals surface area contributed by atoms with Crippen LogP contribution in [0.25, 0.3) is 0 Å². The molecule has 100 valence electrons. The van der Waals surface area contributed by atoms with Crippen LogP contribution < -0.4 is 0 Å². The third kappa shape index (κ3) is 3.77. The first kappa shape index (κ1) is 14.6. The molecule has 1 heterocycles. The molecule has 1 rings (SSSR count). The summed E-state index contributed by atoms with van der Waals surface area (Å²) in [5.41, 5.74) is 0. The molecule has 0 fully saturated rings. The molecule has 0 N–H and O–H groups in total. The lowest BCUT2D eigenvalue weighted by molar-refractivity contribution is -0.144. The summed E-state index contributed by atoms with van der Waals surface area (Å²) in [6, 6.07) is 2.81. The van der Waals surface area contributed by atoms with Gasteiger partial charge in [-0.25, -0.2) is 0 Å². The summed E-state index contributed by atoms with van der Waals surface area (Å²) >= 11 is 5.62. The highest BCUT2D eigenvalue weighted by atomic mass is 35.5. The van der Waals surface area contributed by atoms with Crippen LogP contribution in [0, 0.1) is 0 Å². The monoisotopic (exact) mass is 273 g/mol. The Morgan fingerprint density at radius 3 is 2.56 bits per heavy atom. The second-order valence-corrected chi connectivity index (χ2v) is 4.31. The second-order valence-electron chi connectivity index (χ2n) is 3.94. The van der Waals surface area contributed by atoms with Crippen LogP contribution >= 0.6 is 11.6 Å². The van der Waals surface area contributed by atoms with E-state index in [0.717, 1.165) is 0 Å². The Balaban J connectivity index is 2.79. The molecule has 18 heavy (non-hydrogen) atoms. The maximum atomic E-state index is 12.1. The van der Waals surface area contributed by atoms with E-state index in [4.69, 9.17) is 20.8 Å². The minimum Gasteiger partial charge on any atom is -0.465 e. The number of hydrogen-bond donors (Lipinski definition) is 0. The highest BCUT2D eigenvalue weighted by molar-refractivity contribution is 6.29. The zero-order chi connectivity index (χ0) is 13.7. The maximum absolute atomic E-state index is 12.1. The minimum atomic E-state index is -0.447. The quantitative estimate of drug-likeness (QED) is 0.773. The largest absolute Gasteiger partial charge is 0.465 e. The normalized spacial score (nSPS) is 10.5. The van der Waals surface area contributed by atoms with E-state index in [9.17, 15) is 9.59 Å². The summed E-state index contributed by atoms with van der Waals surface area (Å²) in [6.45, 7) is 5.50. The van der Waals surface area contributed by atoms with E-state index in [1.807, 2.05) is 13.8 Å². The molecule has 0 atom stereocenters. The highest BCUT2D eigenvalue weighted by Gasteiger charge is 2.24. The van der Waals surface area contributed by atoms with Gasteiger partial charge in [-0.05, 0) is 44.5 Å². The molecule has 0 aliphatic carbocycles. The molecule has 1 amide bonds. The van der Waals surface area contributed by atoms with Crippen LogP contribution in [0.2, 0.25) is 5.22 Å². The number of halogens is 1. The van der Waals surface area contributed by atoms with Gasteiger partial charge in [-0.3, -0.25) is 9.59 Å². The summed E-state index contributed by atoms with van der Waals surface area (Å²) in [5, 5.41) is 0.137. The van der Waals surface area contributed by atoms with Gasteiger partial charge in [0.15, 0.2) is 11.0 Å². The van der Waals surface area contributed by atoms with Crippen LogP contribution in [0.5, 0.6) is 0 Å². The van der Waals surface area contributed by atoms with Gasteiger partial charge in [0.2, 0.25) is 0 Å². The number of nitrogens with zero attached hydrogens (tertiary/aromatic N) is 1. The maximum Gasteiger partial charge on any atom is 0.325 e. The van der Waals surface area contributed by atoms with Crippen molar-refractivity contribution in [1.29, 1.82) is 0 Å². The molecule has 0 aliphatic heterocycles. The third-order valence-corrected chi connectivity index (χ3v) is 2.48. The van der Waals surface area contributed by atoms with Crippen molar-refractivity contribution >= 4 is 23.5 Å². The Morgan fingerprint density at radius 2 is 2.11 bits per heavy atom. The molecule has 0 saturated heterocycles. The molecule has 6 heteroatoms. The number of hydrogen-bond acceptors (Lipinski definition) is 4. The Bertz CT molecular complexity index is 427. The van der Waals surface area contributed by atoms with E-state index in [-0.39, 0.29) is 36.1 Å². The molecule has 0 aromatic carbocycles. The molecular formula is C12H16ClNO4. The molecule has 1 aromatic rings. The average Bonchev–Trinajstić information content (AvgIpc) is 2.72. The van der Waals surface area contributed by atoms with E-state index in [1.165, 1.54) is 17.0 Å². The molecule has 0 unspecified atom stereocenters. The van der Waals surface area contributed by atoms with Gasteiger partial charge in [-0.15, -0.1) is 0 Å². The molecule has 0 aliphatic rings. The zero-order valence-electron chi connectivity index (χ0n) is 10.6. The number of esters is 1. The number of carbonyl (C=O) groups is 2. The lowest BCUT2D eigenvalue weighted by Crippen LogP contribution is -2.41. The lowest BCUT2D eigenvalue weighted by Gasteiger charge is -2.24. The van der Waals surface area contributed by atoms with Gasteiger partial charge in [0.25, 0.3) is 5.91 Å². The van der Waals surface area contributed by atoms with Gasteiger partial charge in [0, 0.05) is 6.04 Å². The summed E-state index contributed by atoms with van der Waals surface area (Å²) in [5.74, 6) is -0.722. The van der Waals surface area contributed by atoms with Crippen LogP contribution in [-0.2, 0) is 9.53 Å². The Labute approximate surface area is 111 Å². The highest BCUT2D eigenvalue weighted by Crippen LogP contribution is 2.16. The van der Waals surface area contributed by atoms with Gasteiger partial charge < -0.3 is 14.1 Å². The topological polar surface area (TPSA) is 59.8 Å². The molecule has 0 radical (unpaired) electrons. The smallest absolute Gasteiger partial charge is 0.325 e. The fraction of sp³-hybridized carbons (Fsp3) is 0.500. The number of carbonyl (C=O) groups excluding carboxylic acids is 2. The van der Waals surface area contributed by atoms with Crippen molar-refractivity contribution in [2.75, 3.05) is 13.2 Å². The number of ether oxygens (including phenoxy) is 1. The average molecular weight is 274 g/mol. The van der Waals surface area contributed by atoms with Crippen molar-refractivity contribution in [3.8, 4) is 0 Å². The number of rotatable bonds is 5. The molecule has 1 aromatic heterocycles. The predicted molar refractivity (Wildman–Crippen MR) is 66.5 cm³/mol. The minimum absolute atomic E-state index is 0.108. The van der Waals surface area contributed by atoms with Crippen LogP contribution in [0.1, 0.15) is 31.3 Å². The second kappa shape index (κ2) is 6.44. The van der Waals surface area contributed by atoms with E-state index in [2.05, 4.69) is 0 Å². The van der Waals surface area contributed by atoms with Crippen molar-refractivity contribution in [3.05, 3.63) is 23.1 Å². The number of furan rings is 1. The van der Waals surface area contributed by atoms with Crippen molar-refractivity contribution in [2.24, 2.45) is 0 Å². The fourth-order valence-corrected chi connectivity index (χ4v) is 1.55. The van der Waals surface area contributed by atoms with Crippen LogP contribution in [0.15, 0.2) is 16.5 Å². The molecule has 5 nitrogen and oxygen atoms in total. The third-order valence-electron chi connectivity index (χ3n) is 2.27. The number of amides is 1. The van der Waals surface area contributed by atoms with E-state index < -0.39 is 5.97 Å². The van der Waals surface area contributed by atoms with E-state index >= 15 is 0 Å². The van der Waals surface area contributed by atoms with Gasteiger partial charge in [-0.1, -0.05) is 0 Å². The van der Waals surface area contributed by atoms with Crippen LogP contribution in [0.3, 0.4) is 0 Å². The lowest BCUT2D eigenvalue weighted by atomic mass is 10.3. The van der Waals surface area contributed by atoms with E-state index in [0.29, 0.717) is 0 Å². The van der Waals surface area contributed by atoms with Gasteiger partial charge in [-0.2, -0.15) is 0 Å². The first-order chi connectivity index (χ1) is 8.45. The van der Waals surface area contributed by atoms with Crippen molar-refractivity contribution in [1.82, 2.24) is 4.90 Å². The van der Waals surface area contributed by atoms with Gasteiger partial charge >= 0.3 is 5.97 Å². The first-order valence-electron chi connectivity index (χ1n) is 5.67. The fourth-order valence-electron chi connectivity index (χ4n) is 1.41. The SMILES string of the molecule is CCOC(=O)CN(C(=O)c1ccc(Cl)o1)C(C)C. The summed E-state index contributed by atoms with van der Waals surface area (Å²) in [4.78, 5) is 24.9. The molecule has 0 spiro atoms. The Hall–Kier alpha value is -1.49. The zero-order valence-corrected chi connectivity index (χ0v) is 11.4. The molecular weight excluding hydrogens is 258 g/mol. The Morgan fingerprint density at radius 1 is 1.44 bits per heavy atom.